The van der Waals surface area contributed by atoms with Gasteiger partial charge in [-0.15, -0.1) is 0 Å². The summed E-state index contributed by atoms with van der Waals surface area (Å²) >= 11 is 0. The summed E-state index contributed by atoms with van der Waals surface area (Å²) in [6, 6.07) is 20.2. The molecule has 0 radical (unpaired) electrons. The Balaban J connectivity index is 1.58. The van der Waals surface area contributed by atoms with Crippen molar-refractivity contribution in [3.05, 3.63) is 94.9 Å². The van der Waals surface area contributed by atoms with Gasteiger partial charge >= 0.3 is 0 Å². The van der Waals surface area contributed by atoms with E-state index in [4.69, 9.17) is 4.42 Å². The van der Waals surface area contributed by atoms with E-state index in [2.05, 4.69) is 55.6 Å². The van der Waals surface area contributed by atoms with Gasteiger partial charge in [0, 0.05) is 25.2 Å². The maximum absolute atomic E-state index is 12.8. The lowest BCUT2D eigenvalue weighted by molar-refractivity contribution is 0.0942. The number of nitrogens with one attached hydrogen (secondary N) is 1. The number of aromatic nitrogens is 1. The van der Waals surface area contributed by atoms with Gasteiger partial charge in [-0.1, -0.05) is 59.7 Å². The number of hydrogen-bond donors (Lipinski definition) is 1. The molecule has 0 bridgehead atoms. The van der Waals surface area contributed by atoms with Crippen LogP contribution in [0.5, 0.6) is 0 Å². The highest BCUT2D eigenvalue weighted by atomic mass is 16.3. The van der Waals surface area contributed by atoms with Gasteiger partial charge in [-0.2, -0.15) is 0 Å². The van der Waals surface area contributed by atoms with Gasteiger partial charge in [0.1, 0.15) is 5.69 Å². The highest BCUT2D eigenvalue weighted by Gasteiger charge is 2.17. The van der Waals surface area contributed by atoms with Crippen LogP contribution in [0.1, 0.15) is 32.7 Å². The number of fused-ring (bicyclic) bond motifs is 1. The average Bonchev–Trinajstić information content (AvgIpc) is 3.25. The number of amides is 1. The third kappa shape index (κ3) is 3.65. The Morgan fingerprint density at radius 1 is 0.926 bits per heavy atom. The zero-order chi connectivity index (χ0) is 18.8. The van der Waals surface area contributed by atoms with Gasteiger partial charge < -0.3 is 14.3 Å². The molecule has 0 fully saturated rings. The molecular formula is C23H22N2O2. The van der Waals surface area contributed by atoms with Crippen LogP contribution in [0.3, 0.4) is 0 Å². The van der Waals surface area contributed by atoms with E-state index in [-0.39, 0.29) is 5.91 Å². The first kappa shape index (κ1) is 17.2. The van der Waals surface area contributed by atoms with Crippen LogP contribution < -0.4 is 5.32 Å². The number of benzene rings is 2. The smallest absolute Gasteiger partial charge is 0.268 e. The molecule has 4 rings (SSSR count). The monoisotopic (exact) mass is 358 g/mol. The van der Waals surface area contributed by atoms with E-state index in [1.54, 1.807) is 6.26 Å². The molecule has 0 aliphatic heterocycles. The minimum absolute atomic E-state index is 0.103. The maximum atomic E-state index is 12.8. The quantitative estimate of drug-likeness (QED) is 0.555. The molecule has 2 heterocycles. The lowest BCUT2D eigenvalue weighted by atomic mass is 10.1. The Bertz CT molecular complexity index is 1070. The summed E-state index contributed by atoms with van der Waals surface area (Å²) in [5.74, 6) is -0.103. The topological polar surface area (TPSA) is 47.2 Å². The van der Waals surface area contributed by atoms with Crippen molar-refractivity contribution < 1.29 is 9.21 Å². The van der Waals surface area contributed by atoms with Gasteiger partial charge in [-0.25, -0.2) is 0 Å². The number of rotatable bonds is 5. The van der Waals surface area contributed by atoms with E-state index in [1.165, 1.54) is 11.1 Å². The molecule has 2 aromatic heterocycles. The zero-order valence-electron chi connectivity index (χ0n) is 15.5. The Morgan fingerprint density at radius 2 is 1.56 bits per heavy atom. The average molecular weight is 358 g/mol. The first-order valence-electron chi connectivity index (χ1n) is 9.06. The number of nitrogens with zero attached hydrogens (tertiary/aromatic N) is 1. The van der Waals surface area contributed by atoms with Crippen LogP contribution in [0.4, 0.5) is 0 Å². The fraction of sp³-hybridized carbons (Fsp3) is 0.174. The third-order valence-electron chi connectivity index (χ3n) is 4.79. The van der Waals surface area contributed by atoms with E-state index < -0.39 is 0 Å². The molecule has 4 nitrogen and oxygen atoms in total. The summed E-state index contributed by atoms with van der Waals surface area (Å²) < 4.78 is 7.53. The normalized spacial score (nSPS) is 11.0. The van der Waals surface area contributed by atoms with Crippen molar-refractivity contribution in [3.63, 3.8) is 0 Å². The van der Waals surface area contributed by atoms with Gasteiger partial charge in [-0.05, 0) is 25.0 Å². The summed E-state index contributed by atoms with van der Waals surface area (Å²) in [5.41, 5.74) is 6.91. The van der Waals surface area contributed by atoms with E-state index in [0.29, 0.717) is 18.8 Å². The summed E-state index contributed by atoms with van der Waals surface area (Å²) in [6.07, 6.45) is 1.66. The second-order valence-corrected chi connectivity index (χ2v) is 6.94. The van der Waals surface area contributed by atoms with E-state index in [0.717, 1.165) is 22.2 Å². The van der Waals surface area contributed by atoms with E-state index in [9.17, 15) is 4.79 Å². The number of aryl methyl sites for hydroxylation is 2. The van der Waals surface area contributed by atoms with Crippen LogP contribution in [0.15, 0.2) is 71.3 Å². The summed E-state index contributed by atoms with van der Waals surface area (Å²) in [5, 5.41) is 3.02. The standard InChI is InChI=1S/C23H22N2O2/c1-16-3-7-18(8-4-16)14-24-23(26)21-13-22-20(11-12-27-22)25(21)15-19-9-5-17(2)6-10-19/h3-13H,14-15H2,1-2H3,(H,24,26). The Labute approximate surface area is 158 Å². The Morgan fingerprint density at radius 3 is 2.22 bits per heavy atom. The number of carbonyl (C=O) groups is 1. The van der Waals surface area contributed by atoms with Crippen molar-refractivity contribution in [2.75, 3.05) is 0 Å². The highest BCUT2D eigenvalue weighted by molar-refractivity contribution is 5.97. The molecule has 1 N–H and O–H groups in total. The molecule has 0 aliphatic carbocycles. The Kier molecular flexibility index (Phi) is 4.55. The van der Waals surface area contributed by atoms with Crippen molar-refractivity contribution in [3.8, 4) is 0 Å². The van der Waals surface area contributed by atoms with Gasteiger partial charge in [0.15, 0.2) is 5.58 Å². The van der Waals surface area contributed by atoms with Gasteiger partial charge in [0.05, 0.1) is 11.8 Å². The molecule has 4 heteroatoms. The van der Waals surface area contributed by atoms with Crippen LogP contribution in [0.25, 0.3) is 11.1 Å². The van der Waals surface area contributed by atoms with Crippen molar-refractivity contribution in [2.45, 2.75) is 26.9 Å². The number of furan rings is 1. The van der Waals surface area contributed by atoms with Crippen LogP contribution >= 0.6 is 0 Å². The van der Waals surface area contributed by atoms with Crippen molar-refractivity contribution in [1.29, 1.82) is 0 Å². The maximum Gasteiger partial charge on any atom is 0.268 e. The minimum Gasteiger partial charge on any atom is -0.463 e. The van der Waals surface area contributed by atoms with Crippen molar-refractivity contribution in [2.24, 2.45) is 0 Å². The first-order chi connectivity index (χ1) is 13.1. The Hall–Kier alpha value is -3.27. The molecule has 0 spiro atoms. The number of carbonyl (C=O) groups excluding carboxylic acids is 1. The molecule has 2 aromatic carbocycles. The van der Waals surface area contributed by atoms with Gasteiger partial charge in [0.25, 0.3) is 5.91 Å². The molecule has 0 unspecified atom stereocenters. The molecule has 27 heavy (non-hydrogen) atoms. The highest BCUT2D eigenvalue weighted by Crippen LogP contribution is 2.23. The second kappa shape index (κ2) is 7.16. The van der Waals surface area contributed by atoms with Crippen LogP contribution in [-0.4, -0.2) is 10.5 Å². The lowest BCUT2D eigenvalue weighted by Gasteiger charge is -2.11. The molecule has 0 saturated carbocycles. The van der Waals surface area contributed by atoms with Crippen molar-refractivity contribution in [1.82, 2.24) is 9.88 Å². The molecule has 0 aliphatic rings. The molecule has 136 valence electrons. The summed E-state index contributed by atoms with van der Waals surface area (Å²) in [6.45, 7) is 5.24. The lowest BCUT2D eigenvalue weighted by Crippen LogP contribution is -2.25. The SMILES string of the molecule is Cc1ccc(CNC(=O)c2cc3occc3n2Cc2ccc(C)cc2)cc1. The largest absolute Gasteiger partial charge is 0.463 e. The van der Waals surface area contributed by atoms with Crippen LogP contribution in [-0.2, 0) is 13.1 Å². The molecule has 1 amide bonds. The first-order valence-corrected chi connectivity index (χ1v) is 9.06. The fourth-order valence-electron chi connectivity index (χ4n) is 3.19. The molecule has 4 aromatic rings. The van der Waals surface area contributed by atoms with Gasteiger partial charge in [0.2, 0.25) is 0 Å². The fourth-order valence-corrected chi connectivity index (χ4v) is 3.19. The molecular weight excluding hydrogens is 336 g/mol. The third-order valence-corrected chi connectivity index (χ3v) is 4.79. The zero-order valence-corrected chi connectivity index (χ0v) is 15.5. The van der Waals surface area contributed by atoms with Crippen LogP contribution in [0, 0.1) is 13.8 Å². The number of hydrogen-bond acceptors (Lipinski definition) is 2. The van der Waals surface area contributed by atoms with Gasteiger partial charge in [-0.3, -0.25) is 4.79 Å². The molecule has 0 saturated heterocycles. The van der Waals surface area contributed by atoms with E-state index >= 15 is 0 Å². The second-order valence-electron chi connectivity index (χ2n) is 6.94. The van der Waals surface area contributed by atoms with Crippen molar-refractivity contribution >= 4 is 17.0 Å². The predicted octanol–water partition coefficient (Wildman–Crippen LogP) is 4.83. The van der Waals surface area contributed by atoms with Crippen LogP contribution in [0.2, 0.25) is 0 Å². The summed E-state index contributed by atoms with van der Waals surface area (Å²) in [4.78, 5) is 12.8. The predicted molar refractivity (Wildman–Crippen MR) is 107 cm³/mol. The summed E-state index contributed by atoms with van der Waals surface area (Å²) in [7, 11) is 0. The minimum atomic E-state index is -0.103. The molecule has 0 atom stereocenters. The van der Waals surface area contributed by atoms with E-state index in [1.807, 2.05) is 28.8 Å².